The number of aryl methyl sites for hydroxylation is 2. The Kier molecular flexibility index (Phi) is 5.42. The first-order valence-electron chi connectivity index (χ1n) is 7.32. The van der Waals surface area contributed by atoms with Crippen LogP contribution >= 0.6 is 0 Å². The van der Waals surface area contributed by atoms with E-state index in [0.29, 0.717) is 11.4 Å². The number of methoxy groups -OCH3 is 1. The fourth-order valence-electron chi connectivity index (χ4n) is 2.20. The van der Waals surface area contributed by atoms with Gasteiger partial charge >= 0.3 is 5.97 Å². The third-order valence-electron chi connectivity index (χ3n) is 3.50. The van der Waals surface area contributed by atoms with Gasteiger partial charge < -0.3 is 19.9 Å². The standard InChI is InChI=1S/C18H19NO5/c1-11-5-4-6-12(2)17(11)19-16(21)10-24-18(22)14-9-13(23-3)7-8-15(14)20/h4-9,20H,10H2,1-3H3,(H,19,21). The van der Waals surface area contributed by atoms with Crippen molar-refractivity contribution in [2.45, 2.75) is 13.8 Å². The molecule has 0 fully saturated rings. The Hall–Kier alpha value is -3.02. The normalized spacial score (nSPS) is 10.1. The zero-order chi connectivity index (χ0) is 17.7. The van der Waals surface area contributed by atoms with Crippen LogP contribution in [0.1, 0.15) is 21.5 Å². The fraction of sp³-hybridized carbons (Fsp3) is 0.222. The number of phenols is 1. The summed E-state index contributed by atoms with van der Waals surface area (Å²) in [5, 5.41) is 12.4. The number of amides is 1. The van der Waals surface area contributed by atoms with Crippen molar-refractivity contribution in [3.63, 3.8) is 0 Å². The van der Waals surface area contributed by atoms with Crippen LogP contribution in [0.3, 0.4) is 0 Å². The van der Waals surface area contributed by atoms with Gasteiger partial charge in [0.15, 0.2) is 6.61 Å². The number of carbonyl (C=O) groups is 2. The molecule has 0 saturated carbocycles. The summed E-state index contributed by atoms with van der Waals surface area (Å²) in [5.41, 5.74) is 2.47. The highest BCUT2D eigenvalue weighted by Crippen LogP contribution is 2.23. The van der Waals surface area contributed by atoms with Crippen molar-refractivity contribution in [3.05, 3.63) is 53.1 Å². The number of carbonyl (C=O) groups excluding carboxylic acids is 2. The van der Waals surface area contributed by atoms with Gasteiger partial charge in [-0.3, -0.25) is 4.79 Å². The van der Waals surface area contributed by atoms with Crippen LogP contribution in [0.4, 0.5) is 5.69 Å². The maximum atomic E-state index is 12.0. The van der Waals surface area contributed by atoms with Crippen molar-refractivity contribution < 1.29 is 24.2 Å². The van der Waals surface area contributed by atoms with Crippen molar-refractivity contribution in [1.82, 2.24) is 0 Å². The van der Waals surface area contributed by atoms with E-state index in [1.54, 1.807) is 0 Å². The second kappa shape index (κ2) is 7.50. The lowest BCUT2D eigenvalue weighted by Gasteiger charge is -2.12. The number of nitrogens with one attached hydrogen (secondary N) is 1. The molecule has 6 nitrogen and oxygen atoms in total. The Morgan fingerprint density at radius 2 is 1.79 bits per heavy atom. The molecule has 0 unspecified atom stereocenters. The molecule has 0 aliphatic heterocycles. The van der Waals surface area contributed by atoms with Crippen molar-refractivity contribution in [2.24, 2.45) is 0 Å². The Morgan fingerprint density at radius 3 is 2.42 bits per heavy atom. The Balaban J connectivity index is 2.00. The molecule has 0 heterocycles. The lowest BCUT2D eigenvalue weighted by molar-refractivity contribution is -0.119. The number of hydrogen-bond acceptors (Lipinski definition) is 5. The zero-order valence-corrected chi connectivity index (χ0v) is 13.8. The van der Waals surface area contributed by atoms with Crippen molar-refractivity contribution in [1.29, 1.82) is 0 Å². The van der Waals surface area contributed by atoms with E-state index in [1.807, 2.05) is 32.0 Å². The monoisotopic (exact) mass is 329 g/mol. The van der Waals surface area contributed by atoms with Gasteiger partial charge in [0.2, 0.25) is 0 Å². The van der Waals surface area contributed by atoms with E-state index in [-0.39, 0.29) is 11.3 Å². The van der Waals surface area contributed by atoms with E-state index >= 15 is 0 Å². The molecule has 0 atom stereocenters. The second-order valence-corrected chi connectivity index (χ2v) is 5.27. The van der Waals surface area contributed by atoms with Crippen LogP contribution in [0.25, 0.3) is 0 Å². The highest BCUT2D eigenvalue weighted by molar-refractivity contribution is 5.97. The number of anilines is 1. The molecule has 24 heavy (non-hydrogen) atoms. The molecule has 0 radical (unpaired) electrons. The number of rotatable bonds is 5. The highest BCUT2D eigenvalue weighted by Gasteiger charge is 2.16. The summed E-state index contributed by atoms with van der Waals surface area (Å²) in [4.78, 5) is 24.0. The summed E-state index contributed by atoms with van der Waals surface area (Å²) in [5.74, 6) is -1.10. The largest absolute Gasteiger partial charge is 0.507 e. The molecule has 0 aliphatic carbocycles. The van der Waals surface area contributed by atoms with Crippen LogP contribution in [-0.2, 0) is 9.53 Å². The number of ether oxygens (including phenoxy) is 2. The molecule has 0 spiro atoms. The molecule has 2 rings (SSSR count). The first-order chi connectivity index (χ1) is 11.4. The summed E-state index contributed by atoms with van der Waals surface area (Å²) in [6.45, 7) is 3.30. The van der Waals surface area contributed by atoms with Crippen LogP contribution < -0.4 is 10.1 Å². The molecule has 1 amide bonds. The van der Waals surface area contributed by atoms with Crippen LogP contribution in [-0.4, -0.2) is 30.7 Å². The fourth-order valence-corrected chi connectivity index (χ4v) is 2.20. The molecule has 2 N–H and O–H groups in total. The smallest absolute Gasteiger partial charge is 0.342 e. The average Bonchev–Trinajstić information content (AvgIpc) is 2.56. The van der Waals surface area contributed by atoms with E-state index < -0.39 is 18.5 Å². The minimum atomic E-state index is -0.803. The predicted octanol–water partition coefficient (Wildman–Crippen LogP) is 2.81. The Labute approximate surface area is 140 Å². The van der Waals surface area contributed by atoms with Gasteiger partial charge in [0, 0.05) is 5.69 Å². The van der Waals surface area contributed by atoms with Crippen LogP contribution in [0.5, 0.6) is 11.5 Å². The van der Waals surface area contributed by atoms with Crippen LogP contribution in [0.15, 0.2) is 36.4 Å². The molecule has 0 bridgehead atoms. The summed E-state index contributed by atoms with van der Waals surface area (Å²) in [6, 6.07) is 9.84. The third kappa shape index (κ3) is 4.04. The lowest BCUT2D eigenvalue weighted by atomic mass is 10.1. The number of aromatic hydroxyl groups is 1. The Bertz CT molecular complexity index is 750. The van der Waals surface area contributed by atoms with Gasteiger partial charge in [0.25, 0.3) is 5.91 Å². The SMILES string of the molecule is COc1ccc(O)c(C(=O)OCC(=O)Nc2c(C)cccc2C)c1. The maximum absolute atomic E-state index is 12.0. The molecular weight excluding hydrogens is 310 g/mol. The minimum absolute atomic E-state index is 0.0609. The topological polar surface area (TPSA) is 84.9 Å². The molecular formula is C18H19NO5. The summed E-state index contributed by atoms with van der Waals surface area (Å²) >= 11 is 0. The predicted molar refractivity (Wildman–Crippen MR) is 89.5 cm³/mol. The second-order valence-electron chi connectivity index (χ2n) is 5.27. The number of benzene rings is 2. The zero-order valence-electron chi connectivity index (χ0n) is 13.8. The lowest BCUT2D eigenvalue weighted by Crippen LogP contribution is -2.22. The molecule has 2 aromatic rings. The molecule has 0 saturated heterocycles. The minimum Gasteiger partial charge on any atom is -0.507 e. The first-order valence-corrected chi connectivity index (χ1v) is 7.32. The molecule has 6 heteroatoms. The van der Waals surface area contributed by atoms with E-state index in [0.717, 1.165) is 11.1 Å². The van der Waals surface area contributed by atoms with Gasteiger partial charge in [0.1, 0.15) is 17.1 Å². The van der Waals surface area contributed by atoms with E-state index in [2.05, 4.69) is 5.32 Å². The van der Waals surface area contributed by atoms with Crippen LogP contribution in [0, 0.1) is 13.8 Å². The molecule has 126 valence electrons. The van der Waals surface area contributed by atoms with Gasteiger partial charge in [-0.2, -0.15) is 0 Å². The molecule has 2 aromatic carbocycles. The number of para-hydroxylation sites is 1. The number of hydrogen-bond donors (Lipinski definition) is 2. The van der Waals surface area contributed by atoms with Gasteiger partial charge in [-0.15, -0.1) is 0 Å². The molecule has 0 aromatic heterocycles. The highest BCUT2D eigenvalue weighted by atomic mass is 16.5. The number of esters is 1. The average molecular weight is 329 g/mol. The van der Waals surface area contributed by atoms with E-state index in [1.165, 1.54) is 25.3 Å². The van der Waals surface area contributed by atoms with Crippen molar-refractivity contribution >= 4 is 17.6 Å². The molecule has 0 aliphatic rings. The van der Waals surface area contributed by atoms with Crippen LogP contribution in [0.2, 0.25) is 0 Å². The third-order valence-corrected chi connectivity index (χ3v) is 3.50. The Morgan fingerprint density at radius 1 is 1.12 bits per heavy atom. The van der Waals surface area contributed by atoms with Gasteiger partial charge in [-0.05, 0) is 43.2 Å². The first kappa shape index (κ1) is 17.3. The van der Waals surface area contributed by atoms with E-state index in [4.69, 9.17) is 9.47 Å². The van der Waals surface area contributed by atoms with Gasteiger partial charge in [0.05, 0.1) is 7.11 Å². The van der Waals surface area contributed by atoms with Gasteiger partial charge in [-0.25, -0.2) is 4.79 Å². The summed E-state index contributed by atoms with van der Waals surface area (Å²) in [6.07, 6.45) is 0. The summed E-state index contributed by atoms with van der Waals surface area (Å²) < 4.78 is 9.95. The summed E-state index contributed by atoms with van der Waals surface area (Å²) in [7, 11) is 1.44. The van der Waals surface area contributed by atoms with Crippen molar-refractivity contribution in [3.8, 4) is 11.5 Å². The van der Waals surface area contributed by atoms with Gasteiger partial charge in [-0.1, -0.05) is 18.2 Å². The van der Waals surface area contributed by atoms with E-state index in [9.17, 15) is 14.7 Å². The number of phenolic OH excluding ortho intramolecular Hbond substituents is 1. The quantitative estimate of drug-likeness (QED) is 0.824. The van der Waals surface area contributed by atoms with Crippen molar-refractivity contribution in [2.75, 3.05) is 19.0 Å². The maximum Gasteiger partial charge on any atom is 0.342 e.